The largest absolute Gasteiger partial charge is 0.325 e. The molecule has 0 saturated heterocycles. The lowest BCUT2D eigenvalue weighted by Crippen LogP contribution is -2.47. The molecule has 2 aliphatic rings. The van der Waals surface area contributed by atoms with Gasteiger partial charge in [-0.15, -0.1) is 0 Å². The van der Waals surface area contributed by atoms with Crippen molar-refractivity contribution in [1.82, 2.24) is 0 Å². The van der Waals surface area contributed by atoms with Crippen LogP contribution in [0.2, 0.25) is 0 Å². The van der Waals surface area contributed by atoms with Crippen LogP contribution in [-0.2, 0) is 14.4 Å². The number of hydrogen-bond donors (Lipinski definition) is 1. The Morgan fingerprint density at radius 2 is 1.70 bits per heavy atom. The Bertz CT molecular complexity index is 749. The molecule has 0 radical (unpaired) electrons. The van der Waals surface area contributed by atoms with E-state index >= 15 is 0 Å². The lowest BCUT2D eigenvalue weighted by Gasteiger charge is -2.37. The van der Waals surface area contributed by atoms with E-state index in [1.54, 1.807) is 0 Å². The molecular weight excluding hydrogens is 290 g/mol. The van der Waals surface area contributed by atoms with Gasteiger partial charge in [0.1, 0.15) is 5.41 Å². The molecule has 0 heterocycles. The van der Waals surface area contributed by atoms with Crippen LogP contribution in [-0.4, -0.2) is 17.5 Å². The first-order valence-corrected chi connectivity index (χ1v) is 8.06. The van der Waals surface area contributed by atoms with Gasteiger partial charge in [0.15, 0.2) is 0 Å². The molecule has 2 saturated carbocycles. The normalized spacial score (nSPS) is 31.5. The van der Waals surface area contributed by atoms with Gasteiger partial charge in [-0.1, -0.05) is 38.5 Å². The second-order valence-corrected chi connectivity index (χ2v) is 7.79. The standard InChI is InChI=1S/C19H23NO3/c1-11-6-7-13(12(2)10-11)20-16(23)19-9-8-18(5,17(19,3)4)14(21)15(19)22/h6-7,10H,8-9H2,1-5H3,(H,20,23)/t18-,19-/m1/s1. The van der Waals surface area contributed by atoms with E-state index < -0.39 is 22.0 Å². The van der Waals surface area contributed by atoms with Crippen molar-refractivity contribution in [1.29, 1.82) is 0 Å². The van der Waals surface area contributed by atoms with Crippen LogP contribution in [0.5, 0.6) is 0 Å². The third-order valence-electron chi connectivity index (χ3n) is 6.56. The number of hydrogen-bond acceptors (Lipinski definition) is 3. The zero-order chi connectivity index (χ0) is 17.2. The molecule has 4 heteroatoms. The summed E-state index contributed by atoms with van der Waals surface area (Å²) in [6.45, 7) is 9.49. The van der Waals surface area contributed by atoms with Crippen molar-refractivity contribution >= 4 is 23.2 Å². The van der Waals surface area contributed by atoms with E-state index in [4.69, 9.17) is 0 Å². The summed E-state index contributed by atoms with van der Waals surface area (Å²) in [4.78, 5) is 38.2. The molecule has 0 aliphatic heterocycles. The van der Waals surface area contributed by atoms with Crippen LogP contribution < -0.4 is 5.32 Å². The molecule has 2 atom stereocenters. The van der Waals surface area contributed by atoms with Crippen LogP contribution in [0.3, 0.4) is 0 Å². The van der Waals surface area contributed by atoms with Crippen LogP contribution >= 0.6 is 0 Å². The summed E-state index contributed by atoms with van der Waals surface area (Å²) in [6.07, 6.45) is 1.03. The van der Waals surface area contributed by atoms with Gasteiger partial charge in [-0.05, 0) is 43.7 Å². The zero-order valence-corrected chi connectivity index (χ0v) is 14.4. The maximum atomic E-state index is 13.1. The van der Waals surface area contributed by atoms with Crippen molar-refractivity contribution < 1.29 is 14.4 Å². The Kier molecular flexibility index (Phi) is 3.13. The van der Waals surface area contributed by atoms with Gasteiger partial charge < -0.3 is 5.32 Å². The summed E-state index contributed by atoms with van der Waals surface area (Å²) in [5, 5.41) is 2.91. The second-order valence-electron chi connectivity index (χ2n) is 7.79. The molecule has 1 N–H and O–H groups in total. The molecule has 0 spiro atoms. The minimum Gasteiger partial charge on any atom is -0.325 e. The highest BCUT2D eigenvalue weighted by Crippen LogP contribution is 2.69. The zero-order valence-electron chi connectivity index (χ0n) is 14.4. The number of Topliss-reactive ketones (excluding diaryl/α,β-unsaturated/α-hetero) is 2. The predicted octanol–water partition coefficient (Wildman–Crippen LogP) is 3.21. The van der Waals surface area contributed by atoms with Gasteiger partial charge in [-0.3, -0.25) is 14.4 Å². The van der Waals surface area contributed by atoms with E-state index in [0.29, 0.717) is 18.5 Å². The predicted molar refractivity (Wildman–Crippen MR) is 88.1 cm³/mol. The van der Waals surface area contributed by atoms with Crippen molar-refractivity contribution in [2.24, 2.45) is 16.2 Å². The van der Waals surface area contributed by atoms with Crippen LogP contribution in [0.4, 0.5) is 5.69 Å². The van der Waals surface area contributed by atoms with Crippen molar-refractivity contribution in [2.75, 3.05) is 5.32 Å². The summed E-state index contributed by atoms with van der Waals surface area (Å²) in [7, 11) is 0. The Balaban J connectivity index is 2.02. The highest BCUT2D eigenvalue weighted by molar-refractivity contribution is 6.49. The molecule has 2 bridgehead atoms. The van der Waals surface area contributed by atoms with Crippen LogP contribution in [0, 0.1) is 30.1 Å². The van der Waals surface area contributed by atoms with E-state index in [-0.39, 0.29) is 11.7 Å². The SMILES string of the molecule is Cc1ccc(NC(=O)[C@@]23CC[C@](C)(C(=O)C2=O)C3(C)C)c(C)c1. The minimum absolute atomic E-state index is 0.339. The molecule has 4 nitrogen and oxygen atoms in total. The highest BCUT2D eigenvalue weighted by Gasteiger charge is 2.77. The fraction of sp³-hybridized carbons (Fsp3) is 0.526. The fourth-order valence-electron chi connectivity index (χ4n) is 4.46. The number of anilines is 1. The molecule has 2 aliphatic carbocycles. The second kappa shape index (κ2) is 4.53. The van der Waals surface area contributed by atoms with E-state index in [0.717, 1.165) is 11.1 Å². The number of fused-ring (bicyclic) bond motifs is 2. The number of benzene rings is 1. The van der Waals surface area contributed by atoms with Crippen molar-refractivity contribution in [2.45, 2.75) is 47.5 Å². The molecule has 0 aromatic heterocycles. The van der Waals surface area contributed by atoms with Gasteiger partial charge in [0.05, 0.1) is 0 Å². The summed E-state index contributed by atoms with van der Waals surface area (Å²) >= 11 is 0. The lowest BCUT2D eigenvalue weighted by molar-refractivity contribution is -0.147. The maximum Gasteiger partial charge on any atom is 0.239 e. The molecular formula is C19H23NO3. The Morgan fingerprint density at radius 1 is 1.04 bits per heavy atom. The van der Waals surface area contributed by atoms with Crippen LogP contribution in [0.25, 0.3) is 0 Å². The molecule has 2 fully saturated rings. The Labute approximate surface area is 136 Å². The van der Waals surface area contributed by atoms with Crippen molar-refractivity contribution in [3.63, 3.8) is 0 Å². The minimum atomic E-state index is -1.24. The van der Waals surface area contributed by atoms with Gasteiger partial charge in [-0.25, -0.2) is 0 Å². The smallest absolute Gasteiger partial charge is 0.239 e. The van der Waals surface area contributed by atoms with Crippen molar-refractivity contribution in [3.8, 4) is 0 Å². The average Bonchev–Trinajstić information content (AvgIpc) is 2.74. The van der Waals surface area contributed by atoms with E-state index in [1.165, 1.54) is 0 Å². The highest BCUT2D eigenvalue weighted by atomic mass is 16.2. The first kappa shape index (κ1) is 15.9. The summed E-state index contributed by atoms with van der Waals surface area (Å²) in [5.74, 6) is -1.24. The molecule has 1 aromatic carbocycles. The number of amides is 1. The number of carbonyl (C=O) groups is 3. The fourth-order valence-corrected chi connectivity index (χ4v) is 4.46. The van der Waals surface area contributed by atoms with E-state index in [9.17, 15) is 14.4 Å². The first-order chi connectivity index (χ1) is 10.6. The number of rotatable bonds is 2. The van der Waals surface area contributed by atoms with E-state index in [1.807, 2.05) is 52.8 Å². The Morgan fingerprint density at radius 3 is 2.22 bits per heavy atom. The number of carbonyl (C=O) groups excluding carboxylic acids is 3. The van der Waals surface area contributed by atoms with Gasteiger partial charge in [0.25, 0.3) is 0 Å². The van der Waals surface area contributed by atoms with Gasteiger partial charge >= 0.3 is 0 Å². The first-order valence-electron chi connectivity index (χ1n) is 8.06. The maximum absolute atomic E-state index is 13.1. The number of aryl methyl sites for hydroxylation is 2. The van der Waals surface area contributed by atoms with E-state index in [2.05, 4.69) is 5.32 Å². The molecule has 1 aromatic rings. The van der Waals surface area contributed by atoms with Gasteiger partial charge in [-0.2, -0.15) is 0 Å². The van der Waals surface area contributed by atoms with Gasteiger partial charge in [0.2, 0.25) is 17.5 Å². The molecule has 1 amide bonds. The topological polar surface area (TPSA) is 63.2 Å². The molecule has 3 rings (SSSR count). The molecule has 0 unspecified atom stereocenters. The molecule has 23 heavy (non-hydrogen) atoms. The van der Waals surface area contributed by atoms with Gasteiger partial charge in [0, 0.05) is 11.1 Å². The monoisotopic (exact) mass is 313 g/mol. The third-order valence-corrected chi connectivity index (χ3v) is 6.56. The van der Waals surface area contributed by atoms with Crippen LogP contribution in [0.1, 0.15) is 44.7 Å². The van der Waals surface area contributed by atoms with Crippen LogP contribution in [0.15, 0.2) is 18.2 Å². The summed E-state index contributed by atoms with van der Waals surface area (Å²) < 4.78 is 0. The lowest BCUT2D eigenvalue weighted by atomic mass is 9.64. The Hall–Kier alpha value is -1.97. The summed E-state index contributed by atoms with van der Waals surface area (Å²) in [5.41, 5.74) is 0.118. The number of ketones is 2. The number of nitrogens with one attached hydrogen (secondary N) is 1. The average molecular weight is 313 g/mol. The quantitative estimate of drug-likeness (QED) is 0.673. The molecule has 122 valence electrons. The third kappa shape index (κ3) is 1.69. The summed E-state index contributed by atoms with van der Waals surface area (Å²) in [6, 6.07) is 5.76. The van der Waals surface area contributed by atoms with Crippen molar-refractivity contribution in [3.05, 3.63) is 29.3 Å².